The average Bonchev–Trinajstić information content (AvgIpc) is 3.29. The van der Waals surface area contributed by atoms with Gasteiger partial charge in [-0.3, -0.25) is 0 Å². The second kappa shape index (κ2) is 7.03. The van der Waals surface area contributed by atoms with Gasteiger partial charge >= 0.3 is 0 Å². The van der Waals surface area contributed by atoms with Crippen molar-refractivity contribution in [1.29, 1.82) is 0 Å². The molecule has 4 rings (SSSR count). The summed E-state index contributed by atoms with van der Waals surface area (Å²) < 4.78 is 33.6. The standard InChI is InChI=1S/C19H22N4O3S/c1-22(2)27(24,25)13-15-11-26-12-18(15)23-10-9-20-19(23)17-8-7-14-5-3-4-6-16(14)21-17/h3-10,15,18H,11-13H2,1-2H3/t15-,18+/m0/s1. The number of nitrogens with zero attached hydrogens (tertiary/aromatic N) is 4. The van der Waals surface area contributed by atoms with E-state index in [0.29, 0.717) is 13.2 Å². The molecular weight excluding hydrogens is 364 g/mol. The SMILES string of the molecule is CN(C)S(=O)(=O)C[C@@H]1COC[C@H]1n1ccnc1-c1ccc2ccccc2n1. The first-order chi connectivity index (χ1) is 13.0. The minimum atomic E-state index is -3.31. The number of imidazole rings is 1. The molecule has 0 N–H and O–H groups in total. The first-order valence-corrected chi connectivity index (χ1v) is 10.4. The summed E-state index contributed by atoms with van der Waals surface area (Å²) in [7, 11) is -0.193. The molecule has 0 bridgehead atoms. The quantitative estimate of drug-likeness (QED) is 0.672. The van der Waals surface area contributed by atoms with E-state index in [1.807, 2.05) is 47.2 Å². The fraction of sp³-hybridized carbons (Fsp3) is 0.368. The van der Waals surface area contributed by atoms with Gasteiger partial charge in [0.15, 0.2) is 5.82 Å². The highest BCUT2D eigenvalue weighted by molar-refractivity contribution is 7.89. The third kappa shape index (κ3) is 3.47. The maximum Gasteiger partial charge on any atom is 0.214 e. The van der Waals surface area contributed by atoms with E-state index in [0.717, 1.165) is 22.4 Å². The fourth-order valence-electron chi connectivity index (χ4n) is 3.44. The molecule has 0 radical (unpaired) electrons. The molecule has 142 valence electrons. The van der Waals surface area contributed by atoms with Crippen molar-refractivity contribution < 1.29 is 13.2 Å². The van der Waals surface area contributed by atoms with Crippen LogP contribution in [0.3, 0.4) is 0 Å². The molecule has 0 unspecified atom stereocenters. The smallest absolute Gasteiger partial charge is 0.214 e. The molecule has 0 aliphatic carbocycles. The van der Waals surface area contributed by atoms with Crippen molar-refractivity contribution in [3.05, 3.63) is 48.8 Å². The summed E-state index contributed by atoms with van der Waals surface area (Å²) in [6.07, 6.45) is 3.60. The van der Waals surface area contributed by atoms with Crippen LogP contribution in [0.25, 0.3) is 22.4 Å². The summed E-state index contributed by atoms with van der Waals surface area (Å²) in [5.41, 5.74) is 1.67. The van der Waals surface area contributed by atoms with Crippen molar-refractivity contribution in [2.75, 3.05) is 33.1 Å². The zero-order chi connectivity index (χ0) is 19.0. The van der Waals surface area contributed by atoms with Crippen molar-refractivity contribution in [1.82, 2.24) is 18.8 Å². The van der Waals surface area contributed by atoms with Gasteiger partial charge in [0, 0.05) is 37.8 Å². The monoisotopic (exact) mass is 386 g/mol. The van der Waals surface area contributed by atoms with Gasteiger partial charge in [-0.25, -0.2) is 22.7 Å². The van der Waals surface area contributed by atoms with Crippen molar-refractivity contribution in [2.24, 2.45) is 5.92 Å². The van der Waals surface area contributed by atoms with Crippen molar-refractivity contribution in [2.45, 2.75) is 6.04 Å². The molecule has 2 aromatic heterocycles. The van der Waals surface area contributed by atoms with E-state index in [2.05, 4.69) is 4.98 Å². The molecule has 1 saturated heterocycles. The van der Waals surface area contributed by atoms with Crippen LogP contribution in [0, 0.1) is 5.92 Å². The molecule has 0 saturated carbocycles. The van der Waals surface area contributed by atoms with Gasteiger partial charge in [0.2, 0.25) is 10.0 Å². The highest BCUT2D eigenvalue weighted by Gasteiger charge is 2.35. The van der Waals surface area contributed by atoms with Gasteiger partial charge in [-0.15, -0.1) is 0 Å². The first kappa shape index (κ1) is 18.1. The van der Waals surface area contributed by atoms with Crippen LogP contribution in [0.15, 0.2) is 48.8 Å². The Morgan fingerprint density at radius 3 is 2.81 bits per heavy atom. The Kier molecular flexibility index (Phi) is 4.71. The van der Waals surface area contributed by atoms with Gasteiger partial charge in [0.1, 0.15) is 5.69 Å². The molecule has 7 nitrogen and oxygen atoms in total. The number of hydrogen-bond donors (Lipinski definition) is 0. The minimum Gasteiger partial charge on any atom is -0.379 e. The average molecular weight is 386 g/mol. The second-order valence-electron chi connectivity index (χ2n) is 6.97. The molecule has 3 aromatic rings. The van der Waals surface area contributed by atoms with E-state index >= 15 is 0 Å². The Balaban J connectivity index is 1.68. The van der Waals surface area contributed by atoms with Crippen LogP contribution in [0.4, 0.5) is 0 Å². The van der Waals surface area contributed by atoms with E-state index in [9.17, 15) is 8.42 Å². The van der Waals surface area contributed by atoms with Crippen LogP contribution in [-0.2, 0) is 14.8 Å². The normalized spacial score (nSPS) is 20.6. The molecular formula is C19H22N4O3S. The van der Waals surface area contributed by atoms with Gasteiger partial charge < -0.3 is 9.30 Å². The zero-order valence-electron chi connectivity index (χ0n) is 15.3. The third-order valence-electron chi connectivity index (χ3n) is 5.00. The molecule has 2 atom stereocenters. The molecule has 1 aromatic carbocycles. The number of pyridine rings is 1. The number of rotatable bonds is 5. The fourth-order valence-corrected chi connectivity index (χ4v) is 4.60. The van der Waals surface area contributed by atoms with Crippen molar-refractivity contribution >= 4 is 20.9 Å². The van der Waals surface area contributed by atoms with E-state index < -0.39 is 10.0 Å². The Morgan fingerprint density at radius 2 is 2.00 bits per heavy atom. The Labute approximate surface area is 158 Å². The Bertz CT molecular complexity index is 1060. The summed E-state index contributed by atoms with van der Waals surface area (Å²) in [6, 6.07) is 11.8. The lowest BCUT2D eigenvalue weighted by Crippen LogP contribution is -2.32. The van der Waals surface area contributed by atoms with E-state index in [1.165, 1.54) is 4.31 Å². The van der Waals surface area contributed by atoms with Gasteiger partial charge in [0.25, 0.3) is 0 Å². The number of para-hydroxylation sites is 1. The molecule has 0 amide bonds. The van der Waals surface area contributed by atoms with E-state index in [4.69, 9.17) is 9.72 Å². The first-order valence-electron chi connectivity index (χ1n) is 8.82. The number of ether oxygens (including phenoxy) is 1. The summed E-state index contributed by atoms with van der Waals surface area (Å²) in [5.74, 6) is 0.641. The summed E-state index contributed by atoms with van der Waals surface area (Å²) in [4.78, 5) is 9.22. The maximum absolute atomic E-state index is 12.3. The lowest BCUT2D eigenvalue weighted by atomic mass is 10.1. The van der Waals surface area contributed by atoms with Crippen molar-refractivity contribution in [3.8, 4) is 11.5 Å². The number of sulfonamides is 1. The van der Waals surface area contributed by atoms with Crippen LogP contribution < -0.4 is 0 Å². The van der Waals surface area contributed by atoms with Crippen LogP contribution in [0.2, 0.25) is 0 Å². The van der Waals surface area contributed by atoms with Gasteiger partial charge in [-0.05, 0) is 12.1 Å². The number of fused-ring (bicyclic) bond motifs is 1. The molecule has 0 spiro atoms. The van der Waals surface area contributed by atoms with Gasteiger partial charge in [-0.1, -0.05) is 24.3 Å². The van der Waals surface area contributed by atoms with Crippen LogP contribution in [-0.4, -0.2) is 60.3 Å². The summed E-state index contributed by atoms with van der Waals surface area (Å²) in [5, 5.41) is 1.07. The predicted octanol–water partition coefficient (Wildman–Crippen LogP) is 2.18. The molecule has 8 heteroatoms. The van der Waals surface area contributed by atoms with E-state index in [1.54, 1.807) is 20.3 Å². The van der Waals surface area contributed by atoms with E-state index in [-0.39, 0.29) is 17.7 Å². The molecule has 1 aliphatic heterocycles. The summed E-state index contributed by atoms with van der Waals surface area (Å²) in [6.45, 7) is 0.880. The largest absolute Gasteiger partial charge is 0.379 e. The Hall–Kier alpha value is -2.29. The highest BCUT2D eigenvalue weighted by Crippen LogP contribution is 2.31. The lowest BCUT2D eigenvalue weighted by Gasteiger charge is -2.22. The van der Waals surface area contributed by atoms with Crippen LogP contribution in [0.1, 0.15) is 6.04 Å². The van der Waals surface area contributed by atoms with Crippen LogP contribution in [0.5, 0.6) is 0 Å². The topological polar surface area (TPSA) is 77.3 Å². The minimum absolute atomic E-state index is 0.0490. The van der Waals surface area contributed by atoms with Gasteiger partial charge in [-0.2, -0.15) is 0 Å². The number of aromatic nitrogens is 3. The highest BCUT2D eigenvalue weighted by atomic mass is 32.2. The lowest BCUT2D eigenvalue weighted by molar-refractivity contribution is 0.182. The Morgan fingerprint density at radius 1 is 1.19 bits per heavy atom. The predicted molar refractivity (Wildman–Crippen MR) is 104 cm³/mol. The molecule has 1 aliphatic rings. The number of benzene rings is 1. The second-order valence-corrected chi connectivity index (χ2v) is 9.20. The van der Waals surface area contributed by atoms with Gasteiger partial charge in [0.05, 0.1) is 30.5 Å². The molecule has 3 heterocycles. The van der Waals surface area contributed by atoms with Crippen LogP contribution >= 0.6 is 0 Å². The third-order valence-corrected chi connectivity index (χ3v) is 6.96. The number of hydrogen-bond acceptors (Lipinski definition) is 5. The maximum atomic E-state index is 12.3. The molecule has 27 heavy (non-hydrogen) atoms. The zero-order valence-corrected chi connectivity index (χ0v) is 16.1. The molecule has 1 fully saturated rings. The summed E-state index contributed by atoms with van der Waals surface area (Å²) >= 11 is 0. The van der Waals surface area contributed by atoms with Crippen molar-refractivity contribution in [3.63, 3.8) is 0 Å².